The number of carbonyl (C=O) groups is 2. The van der Waals surface area contributed by atoms with Crippen molar-refractivity contribution in [3.8, 4) is 0 Å². The lowest BCUT2D eigenvalue weighted by atomic mass is 9.83. The third kappa shape index (κ3) is 7.31. The van der Waals surface area contributed by atoms with Crippen molar-refractivity contribution in [1.29, 1.82) is 0 Å². The fourth-order valence-corrected chi connectivity index (χ4v) is 6.03. The zero-order valence-corrected chi connectivity index (χ0v) is 21.4. The quantitative estimate of drug-likeness (QED) is 0.281. The van der Waals surface area contributed by atoms with E-state index >= 15 is 0 Å². The second kappa shape index (κ2) is 11.9. The fraction of sp³-hybridized carbons (Fsp3) is 0.636. The monoisotopic (exact) mass is 541 g/mol. The minimum absolute atomic E-state index is 0.0589. The van der Waals surface area contributed by atoms with Crippen molar-refractivity contribution < 1.29 is 36.4 Å². The summed E-state index contributed by atoms with van der Waals surface area (Å²) in [6.45, 7) is 4.17. The molecule has 0 radical (unpaired) electrons. The Kier molecular flexibility index (Phi) is 9.97. The molecule has 0 aliphatic carbocycles. The summed E-state index contributed by atoms with van der Waals surface area (Å²) in [4.78, 5) is 26.7. The molecule has 0 bridgehead atoms. The summed E-state index contributed by atoms with van der Waals surface area (Å²) < 4.78 is 66.8. The molecule has 1 aliphatic rings. The van der Waals surface area contributed by atoms with Gasteiger partial charge in [-0.15, -0.1) is 0 Å². The lowest BCUT2D eigenvalue weighted by molar-refractivity contribution is -0.149. The highest BCUT2D eigenvalue weighted by Crippen LogP contribution is 2.35. The summed E-state index contributed by atoms with van der Waals surface area (Å²) in [7, 11) is -3.37. The molecule has 2 N–H and O–H groups in total. The molecule has 0 saturated carbocycles. The molecule has 0 unspecified atom stereocenters. The maximum atomic E-state index is 13.3. The van der Waals surface area contributed by atoms with E-state index in [1.807, 2.05) is 13.8 Å². The number of piperidine rings is 1. The van der Waals surface area contributed by atoms with Crippen molar-refractivity contribution in [2.24, 2.45) is 17.8 Å². The Morgan fingerprint density at radius 2 is 1.80 bits per heavy atom. The second-order valence-corrected chi connectivity index (χ2v) is 11.6. The van der Waals surface area contributed by atoms with Crippen molar-refractivity contribution in [2.45, 2.75) is 50.6 Å². The number of hydrogen-bond acceptors (Lipinski definition) is 5. The summed E-state index contributed by atoms with van der Waals surface area (Å²) in [6.07, 6.45) is -2.08. The topological polar surface area (TPSA) is 107 Å². The number of likely N-dealkylation sites (tertiary alicyclic amines) is 1. The van der Waals surface area contributed by atoms with Crippen LogP contribution in [-0.4, -0.2) is 61.3 Å². The summed E-state index contributed by atoms with van der Waals surface area (Å²) >= 11 is 5.95. The first-order valence-electron chi connectivity index (χ1n) is 11.3. The van der Waals surface area contributed by atoms with Crippen LogP contribution in [0, 0.1) is 17.8 Å². The van der Waals surface area contributed by atoms with Crippen molar-refractivity contribution in [2.75, 3.05) is 26.7 Å². The van der Waals surface area contributed by atoms with Gasteiger partial charge < -0.3 is 4.90 Å². The fourth-order valence-electron chi connectivity index (χ4n) is 4.30. The minimum atomic E-state index is -4.78. The van der Waals surface area contributed by atoms with Crippen LogP contribution in [0.4, 0.5) is 13.2 Å². The van der Waals surface area contributed by atoms with E-state index in [1.54, 1.807) is 0 Å². The Bertz CT molecular complexity index is 1010. The molecule has 1 heterocycles. The van der Waals surface area contributed by atoms with Crippen LogP contribution in [0.25, 0.3) is 0 Å². The normalized spacial score (nSPS) is 16.9. The molecule has 1 fully saturated rings. The minimum Gasteiger partial charge on any atom is -0.342 e. The number of nitrogens with zero attached hydrogens (tertiary/aromatic N) is 2. The zero-order chi connectivity index (χ0) is 26.6. The second-order valence-electron chi connectivity index (χ2n) is 9.16. The van der Waals surface area contributed by atoms with Crippen molar-refractivity contribution >= 4 is 33.4 Å². The van der Waals surface area contributed by atoms with Crippen LogP contribution in [-0.2, 0) is 25.8 Å². The molecule has 1 aromatic rings. The van der Waals surface area contributed by atoms with E-state index in [9.17, 15) is 36.4 Å². The molecule has 2 atom stereocenters. The summed E-state index contributed by atoms with van der Waals surface area (Å²) in [5, 5.41) is 8.93. The van der Waals surface area contributed by atoms with E-state index in [0.29, 0.717) is 25.2 Å². The van der Waals surface area contributed by atoms with Gasteiger partial charge in [0.15, 0.2) is 0 Å². The van der Waals surface area contributed by atoms with Gasteiger partial charge in [0.05, 0.1) is 10.6 Å². The molecule has 35 heavy (non-hydrogen) atoms. The predicted octanol–water partition coefficient (Wildman–Crippen LogP) is 3.78. The van der Waals surface area contributed by atoms with Gasteiger partial charge in [-0.3, -0.25) is 14.8 Å². The van der Waals surface area contributed by atoms with E-state index in [-0.39, 0.29) is 23.9 Å². The van der Waals surface area contributed by atoms with Crippen LogP contribution in [0.5, 0.6) is 0 Å². The van der Waals surface area contributed by atoms with Gasteiger partial charge in [-0.25, -0.2) is 18.2 Å². The number of rotatable bonds is 9. The number of alkyl halides is 3. The molecular weight excluding hydrogens is 511 g/mol. The van der Waals surface area contributed by atoms with Gasteiger partial charge >= 0.3 is 6.18 Å². The van der Waals surface area contributed by atoms with Gasteiger partial charge in [0.1, 0.15) is 10.8 Å². The number of halogens is 4. The van der Waals surface area contributed by atoms with Gasteiger partial charge in [-0.05, 0) is 55.7 Å². The third-order valence-electron chi connectivity index (χ3n) is 6.01. The summed E-state index contributed by atoms with van der Waals surface area (Å²) in [5.41, 5.74) is 0.340. The molecule has 1 aromatic carbocycles. The Morgan fingerprint density at radius 1 is 1.20 bits per heavy atom. The van der Waals surface area contributed by atoms with Gasteiger partial charge in [-0.1, -0.05) is 25.4 Å². The molecule has 0 spiro atoms. The SMILES string of the molecule is CC(C)C[C@@H](CN(C)S(=O)(=O)c1cc(C(F)(F)F)ccc1Cl)[C@H](C(=O)NO)C(=O)N1CCCCC1. The smallest absolute Gasteiger partial charge is 0.342 e. The average Bonchev–Trinajstić information content (AvgIpc) is 2.78. The molecule has 198 valence electrons. The molecular formula is C22H31ClF3N3O5S. The van der Waals surface area contributed by atoms with E-state index in [1.165, 1.54) is 10.4 Å². The molecule has 0 aromatic heterocycles. The summed E-state index contributed by atoms with van der Waals surface area (Å²) in [6, 6.07) is 2.00. The first-order chi connectivity index (χ1) is 16.2. The highest BCUT2D eigenvalue weighted by atomic mass is 35.5. The average molecular weight is 542 g/mol. The number of hydroxylamine groups is 1. The Hall–Kier alpha value is -1.89. The number of sulfonamides is 1. The van der Waals surface area contributed by atoms with E-state index in [2.05, 4.69) is 0 Å². The number of carbonyl (C=O) groups excluding carboxylic acids is 2. The zero-order valence-electron chi connectivity index (χ0n) is 19.8. The first kappa shape index (κ1) is 29.3. The number of hydrogen-bond donors (Lipinski definition) is 2. The van der Waals surface area contributed by atoms with Crippen LogP contribution < -0.4 is 5.48 Å². The highest BCUT2D eigenvalue weighted by Gasteiger charge is 2.41. The van der Waals surface area contributed by atoms with Gasteiger partial charge in [0, 0.05) is 26.7 Å². The standard InChI is InChI=1S/C22H31ClF3N3O5S/c1-14(2)11-15(19(20(30)27-32)21(31)29-9-5-4-6-10-29)13-28(3)35(33,34)18-12-16(22(24,25)26)7-8-17(18)23/h7-8,12,14-15,19,32H,4-6,9-11,13H2,1-3H3,(H,27,30)/t15-,19+/m0/s1. The van der Waals surface area contributed by atoms with Crippen LogP contribution in [0.15, 0.2) is 23.1 Å². The molecule has 8 nitrogen and oxygen atoms in total. The molecule has 13 heteroatoms. The number of amides is 2. The maximum absolute atomic E-state index is 13.3. The Balaban J connectivity index is 2.43. The van der Waals surface area contributed by atoms with E-state index in [4.69, 9.17) is 11.6 Å². The van der Waals surface area contributed by atoms with Crippen LogP contribution in [0.3, 0.4) is 0 Å². The van der Waals surface area contributed by atoms with Crippen LogP contribution >= 0.6 is 11.6 Å². The third-order valence-corrected chi connectivity index (χ3v) is 8.32. The van der Waals surface area contributed by atoms with Gasteiger partial charge in [-0.2, -0.15) is 13.2 Å². The lowest BCUT2D eigenvalue weighted by Gasteiger charge is -2.35. The largest absolute Gasteiger partial charge is 0.416 e. The Labute approximate surface area is 208 Å². The molecule has 2 rings (SSSR count). The number of benzene rings is 1. The molecule has 1 aliphatic heterocycles. The van der Waals surface area contributed by atoms with E-state index in [0.717, 1.165) is 36.7 Å². The van der Waals surface area contributed by atoms with Crippen molar-refractivity contribution in [3.63, 3.8) is 0 Å². The Morgan fingerprint density at radius 3 is 2.31 bits per heavy atom. The molecule has 1 saturated heterocycles. The van der Waals surface area contributed by atoms with Crippen molar-refractivity contribution in [3.05, 3.63) is 28.8 Å². The lowest BCUT2D eigenvalue weighted by Crippen LogP contribution is -2.50. The summed E-state index contributed by atoms with van der Waals surface area (Å²) in [5.74, 6) is -3.79. The van der Waals surface area contributed by atoms with E-state index < -0.39 is 50.3 Å². The van der Waals surface area contributed by atoms with Crippen LogP contribution in [0.1, 0.15) is 45.1 Å². The van der Waals surface area contributed by atoms with Crippen molar-refractivity contribution in [1.82, 2.24) is 14.7 Å². The maximum Gasteiger partial charge on any atom is 0.416 e. The van der Waals surface area contributed by atoms with Crippen LogP contribution in [0.2, 0.25) is 5.02 Å². The highest BCUT2D eigenvalue weighted by molar-refractivity contribution is 7.89. The predicted molar refractivity (Wildman–Crippen MR) is 123 cm³/mol. The first-order valence-corrected chi connectivity index (χ1v) is 13.1. The van der Waals surface area contributed by atoms with Gasteiger partial charge in [0.2, 0.25) is 15.9 Å². The van der Waals surface area contributed by atoms with Gasteiger partial charge in [0.25, 0.3) is 5.91 Å². The number of nitrogens with one attached hydrogen (secondary N) is 1. The molecule has 2 amide bonds.